The van der Waals surface area contributed by atoms with Crippen LogP contribution in [0.1, 0.15) is 25.8 Å². The van der Waals surface area contributed by atoms with Crippen molar-refractivity contribution < 1.29 is 0 Å². The van der Waals surface area contributed by atoms with E-state index in [1.54, 1.807) is 17.5 Å². The standard InChI is InChI=1S/C9H15ClN2S/c1-9(2,3)12-5-4-8-11-6-7(10)13-8/h6,12H,4-5H2,1-3H3. The van der Waals surface area contributed by atoms with Gasteiger partial charge in [-0.1, -0.05) is 11.6 Å². The molecule has 1 aromatic rings. The molecule has 1 N–H and O–H groups in total. The SMILES string of the molecule is CC(C)(C)NCCc1ncc(Cl)s1. The van der Waals surface area contributed by atoms with E-state index in [2.05, 4.69) is 31.1 Å². The number of hydrogen-bond donors (Lipinski definition) is 1. The molecule has 13 heavy (non-hydrogen) atoms. The zero-order valence-corrected chi connectivity index (χ0v) is 9.80. The molecule has 2 nitrogen and oxygen atoms in total. The monoisotopic (exact) mass is 218 g/mol. The summed E-state index contributed by atoms with van der Waals surface area (Å²) in [5.74, 6) is 0. The molecule has 0 bridgehead atoms. The Labute approximate surface area is 88.3 Å². The van der Waals surface area contributed by atoms with Crippen molar-refractivity contribution in [1.82, 2.24) is 10.3 Å². The quantitative estimate of drug-likeness (QED) is 0.844. The minimum absolute atomic E-state index is 0.182. The van der Waals surface area contributed by atoms with Crippen LogP contribution in [0.2, 0.25) is 4.34 Å². The summed E-state index contributed by atoms with van der Waals surface area (Å²) in [5, 5.41) is 4.50. The van der Waals surface area contributed by atoms with Crippen molar-refractivity contribution in [3.63, 3.8) is 0 Å². The van der Waals surface area contributed by atoms with Crippen molar-refractivity contribution in [2.24, 2.45) is 0 Å². The molecule has 0 saturated carbocycles. The van der Waals surface area contributed by atoms with Gasteiger partial charge >= 0.3 is 0 Å². The van der Waals surface area contributed by atoms with Gasteiger partial charge in [-0.05, 0) is 20.8 Å². The molecule has 1 aromatic heterocycles. The highest BCUT2D eigenvalue weighted by atomic mass is 35.5. The average Bonchev–Trinajstić information content (AvgIpc) is 2.33. The first-order valence-electron chi connectivity index (χ1n) is 4.32. The maximum absolute atomic E-state index is 5.76. The van der Waals surface area contributed by atoms with Crippen molar-refractivity contribution in [2.45, 2.75) is 32.7 Å². The van der Waals surface area contributed by atoms with Crippen molar-refractivity contribution in [3.8, 4) is 0 Å². The lowest BCUT2D eigenvalue weighted by Crippen LogP contribution is -2.37. The van der Waals surface area contributed by atoms with Gasteiger partial charge in [0.05, 0.1) is 11.2 Å². The van der Waals surface area contributed by atoms with Crippen LogP contribution < -0.4 is 5.32 Å². The van der Waals surface area contributed by atoms with E-state index in [0.717, 1.165) is 22.3 Å². The summed E-state index contributed by atoms with van der Waals surface area (Å²) in [4.78, 5) is 4.18. The second-order valence-corrected chi connectivity index (χ2v) is 5.73. The molecule has 1 rings (SSSR count). The van der Waals surface area contributed by atoms with Crippen LogP contribution in [0.5, 0.6) is 0 Å². The summed E-state index contributed by atoms with van der Waals surface area (Å²) < 4.78 is 0.769. The molecule has 0 atom stereocenters. The third-order valence-corrected chi connectivity index (χ3v) is 2.69. The summed E-state index contributed by atoms with van der Waals surface area (Å²) in [6.45, 7) is 7.42. The number of hydrogen-bond acceptors (Lipinski definition) is 3. The highest BCUT2D eigenvalue weighted by molar-refractivity contribution is 7.15. The molecule has 1 heterocycles. The third kappa shape index (κ3) is 4.60. The highest BCUT2D eigenvalue weighted by Crippen LogP contribution is 2.18. The Balaban J connectivity index is 2.28. The Kier molecular flexibility index (Phi) is 3.71. The largest absolute Gasteiger partial charge is 0.312 e. The predicted molar refractivity (Wildman–Crippen MR) is 58.6 cm³/mol. The molecular weight excluding hydrogens is 204 g/mol. The second kappa shape index (κ2) is 4.40. The van der Waals surface area contributed by atoms with Crippen LogP contribution in [-0.4, -0.2) is 17.1 Å². The fourth-order valence-corrected chi connectivity index (χ4v) is 1.90. The third-order valence-electron chi connectivity index (χ3n) is 1.52. The lowest BCUT2D eigenvalue weighted by atomic mass is 10.1. The van der Waals surface area contributed by atoms with Gasteiger partial charge in [0, 0.05) is 18.5 Å². The molecule has 4 heteroatoms. The van der Waals surface area contributed by atoms with Crippen LogP contribution in [-0.2, 0) is 6.42 Å². The maximum atomic E-state index is 5.76. The zero-order chi connectivity index (χ0) is 9.90. The summed E-state index contributed by atoms with van der Waals surface area (Å²) in [7, 11) is 0. The first kappa shape index (κ1) is 11.0. The van der Waals surface area contributed by atoms with Crippen LogP contribution in [0, 0.1) is 0 Å². The number of nitrogens with one attached hydrogen (secondary N) is 1. The van der Waals surface area contributed by atoms with E-state index in [1.807, 2.05) is 0 Å². The summed E-state index contributed by atoms with van der Waals surface area (Å²) >= 11 is 7.32. The van der Waals surface area contributed by atoms with Crippen LogP contribution in [0.15, 0.2) is 6.20 Å². The van der Waals surface area contributed by atoms with E-state index in [4.69, 9.17) is 11.6 Å². The molecule has 74 valence electrons. The van der Waals surface area contributed by atoms with Gasteiger partial charge in [-0.25, -0.2) is 4.98 Å². The van der Waals surface area contributed by atoms with Crippen LogP contribution in [0.4, 0.5) is 0 Å². The van der Waals surface area contributed by atoms with Crippen LogP contribution in [0.3, 0.4) is 0 Å². The Morgan fingerprint density at radius 1 is 1.54 bits per heavy atom. The molecule has 0 saturated heterocycles. The molecule has 0 fully saturated rings. The number of rotatable bonds is 3. The van der Waals surface area contributed by atoms with E-state index < -0.39 is 0 Å². The lowest BCUT2D eigenvalue weighted by Gasteiger charge is -2.19. The van der Waals surface area contributed by atoms with Gasteiger partial charge in [0.25, 0.3) is 0 Å². The van der Waals surface area contributed by atoms with E-state index in [-0.39, 0.29) is 5.54 Å². The molecule has 0 amide bonds. The number of aromatic nitrogens is 1. The number of nitrogens with zero attached hydrogens (tertiary/aromatic N) is 1. The fraction of sp³-hybridized carbons (Fsp3) is 0.667. The Hall–Kier alpha value is -0.120. The van der Waals surface area contributed by atoms with Gasteiger partial charge in [-0.2, -0.15) is 0 Å². The van der Waals surface area contributed by atoms with Crippen LogP contribution in [0.25, 0.3) is 0 Å². The van der Waals surface area contributed by atoms with E-state index >= 15 is 0 Å². The van der Waals surface area contributed by atoms with Crippen molar-refractivity contribution in [3.05, 3.63) is 15.5 Å². The van der Waals surface area contributed by atoms with Crippen molar-refractivity contribution in [2.75, 3.05) is 6.54 Å². The molecule has 0 aliphatic carbocycles. The minimum atomic E-state index is 0.182. The van der Waals surface area contributed by atoms with Gasteiger partial charge in [0.1, 0.15) is 4.34 Å². The van der Waals surface area contributed by atoms with Crippen LogP contribution >= 0.6 is 22.9 Å². The minimum Gasteiger partial charge on any atom is -0.312 e. The molecule has 0 aliphatic heterocycles. The van der Waals surface area contributed by atoms with Gasteiger partial charge < -0.3 is 5.32 Å². The van der Waals surface area contributed by atoms with Crippen molar-refractivity contribution >= 4 is 22.9 Å². The summed E-state index contributed by atoms with van der Waals surface area (Å²) in [6, 6.07) is 0. The van der Waals surface area contributed by atoms with E-state index in [0.29, 0.717) is 0 Å². The summed E-state index contributed by atoms with van der Waals surface area (Å²) in [5.41, 5.74) is 0.182. The average molecular weight is 219 g/mol. The van der Waals surface area contributed by atoms with E-state index in [9.17, 15) is 0 Å². The molecular formula is C9H15ClN2S. The first-order chi connectivity index (χ1) is 5.97. The van der Waals surface area contributed by atoms with Gasteiger partial charge in [-0.15, -0.1) is 11.3 Å². The molecule has 0 spiro atoms. The molecule has 0 aliphatic rings. The Morgan fingerprint density at radius 3 is 2.69 bits per heavy atom. The lowest BCUT2D eigenvalue weighted by molar-refractivity contribution is 0.429. The fourth-order valence-electron chi connectivity index (χ4n) is 0.948. The van der Waals surface area contributed by atoms with Gasteiger partial charge in [-0.3, -0.25) is 0 Å². The molecule has 0 radical (unpaired) electrons. The topological polar surface area (TPSA) is 24.9 Å². The van der Waals surface area contributed by atoms with Gasteiger partial charge in [0.2, 0.25) is 0 Å². The van der Waals surface area contributed by atoms with E-state index in [1.165, 1.54) is 0 Å². The highest BCUT2D eigenvalue weighted by Gasteiger charge is 2.08. The van der Waals surface area contributed by atoms with Crippen molar-refractivity contribution in [1.29, 1.82) is 0 Å². The summed E-state index contributed by atoms with van der Waals surface area (Å²) in [6.07, 6.45) is 2.66. The second-order valence-electron chi connectivity index (χ2n) is 3.98. The number of halogens is 1. The zero-order valence-electron chi connectivity index (χ0n) is 8.22. The number of thiazole rings is 1. The van der Waals surface area contributed by atoms with Gasteiger partial charge in [0.15, 0.2) is 0 Å². The normalized spacial score (nSPS) is 12.0. The maximum Gasteiger partial charge on any atom is 0.113 e. The Morgan fingerprint density at radius 2 is 2.23 bits per heavy atom. The Bertz CT molecular complexity index is 265. The molecule has 0 unspecified atom stereocenters. The smallest absolute Gasteiger partial charge is 0.113 e. The molecule has 0 aromatic carbocycles. The first-order valence-corrected chi connectivity index (χ1v) is 5.52. The predicted octanol–water partition coefficient (Wildman–Crippen LogP) is 2.73.